The first-order valence-electron chi connectivity index (χ1n) is 9.37. The van der Waals surface area contributed by atoms with Crippen LogP contribution in [0, 0.1) is 0 Å². The van der Waals surface area contributed by atoms with Crippen LogP contribution < -0.4 is 20.3 Å². The second-order valence-electron chi connectivity index (χ2n) is 6.39. The summed E-state index contributed by atoms with van der Waals surface area (Å²) in [4.78, 5) is 31.2. The summed E-state index contributed by atoms with van der Waals surface area (Å²) >= 11 is 0. The second kappa shape index (κ2) is 10.4. The maximum Gasteiger partial charge on any atom is 0.292 e. The molecule has 2 aromatic carbocycles. The van der Waals surface area contributed by atoms with E-state index in [1.54, 1.807) is 12.1 Å². The van der Waals surface area contributed by atoms with Crippen LogP contribution in [0.2, 0.25) is 0 Å². The number of H-pyrrole nitrogens is 1. The van der Waals surface area contributed by atoms with Crippen LogP contribution in [0.15, 0.2) is 52.9 Å². The number of aromatic amines is 1. The quantitative estimate of drug-likeness (QED) is 0.254. The van der Waals surface area contributed by atoms with Crippen LogP contribution in [-0.2, 0) is 0 Å². The smallest absolute Gasteiger partial charge is 0.292 e. The fourth-order valence-electron chi connectivity index (χ4n) is 2.63. The average Bonchev–Trinajstić information content (AvgIpc) is 3.31. The van der Waals surface area contributed by atoms with Gasteiger partial charge >= 0.3 is 0 Å². The van der Waals surface area contributed by atoms with Crippen molar-refractivity contribution in [3.63, 3.8) is 0 Å². The fraction of sp³-hybridized carbons (Fsp3) is 0.0952. The van der Waals surface area contributed by atoms with Gasteiger partial charge in [0.1, 0.15) is 5.69 Å². The predicted molar refractivity (Wildman–Crippen MR) is 118 cm³/mol. The number of methoxy groups -OCH3 is 2. The molecule has 0 unspecified atom stereocenters. The van der Waals surface area contributed by atoms with Crippen molar-refractivity contribution in [2.45, 2.75) is 0 Å². The van der Waals surface area contributed by atoms with E-state index in [2.05, 4.69) is 31.0 Å². The topological polar surface area (TPSA) is 171 Å². The number of amides is 2. The summed E-state index contributed by atoms with van der Waals surface area (Å²) in [5, 5.41) is 26.9. The summed E-state index contributed by atoms with van der Waals surface area (Å²) in [5.41, 5.74) is 5.37. The van der Waals surface area contributed by atoms with Gasteiger partial charge in [-0.3, -0.25) is 9.59 Å². The molecule has 170 valence electrons. The molecule has 0 fully saturated rings. The zero-order chi connectivity index (χ0) is 23.8. The average molecular weight is 452 g/mol. The number of phenols is 2. The summed E-state index contributed by atoms with van der Waals surface area (Å²) in [6, 6.07) is 9.05. The van der Waals surface area contributed by atoms with Gasteiger partial charge in [0.05, 0.1) is 33.0 Å². The lowest BCUT2D eigenvalue weighted by Gasteiger charge is -2.04. The molecule has 0 atom stereocenters. The van der Waals surface area contributed by atoms with Crippen LogP contribution in [0.4, 0.5) is 0 Å². The number of hydrazone groups is 2. The number of carbonyl (C=O) groups is 2. The molecule has 0 saturated heterocycles. The number of rotatable bonds is 8. The van der Waals surface area contributed by atoms with E-state index in [4.69, 9.17) is 9.47 Å². The van der Waals surface area contributed by atoms with E-state index < -0.39 is 11.8 Å². The van der Waals surface area contributed by atoms with Crippen LogP contribution in [0.1, 0.15) is 32.1 Å². The Kier molecular flexibility index (Phi) is 7.21. The molecule has 0 bridgehead atoms. The Morgan fingerprint density at radius 3 is 1.94 bits per heavy atom. The molecule has 12 nitrogen and oxygen atoms in total. The van der Waals surface area contributed by atoms with Crippen LogP contribution in [0.5, 0.6) is 23.0 Å². The highest BCUT2D eigenvalue weighted by Gasteiger charge is 2.19. The van der Waals surface area contributed by atoms with Gasteiger partial charge in [-0.1, -0.05) is 0 Å². The number of hydrogen-bond donors (Lipinski definition) is 5. The van der Waals surface area contributed by atoms with Crippen LogP contribution in [-0.4, -0.2) is 58.6 Å². The highest BCUT2D eigenvalue weighted by Crippen LogP contribution is 2.26. The Bertz CT molecular complexity index is 1130. The summed E-state index contributed by atoms with van der Waals surface area (Å²) in [6.07, 6.45) is 3.86. The number of nitrogens with zero attached hydrogens (tertiary/aromatic N) is 3. The highest BCUT2D eigenvalue weighted by atomic mass is 16.5. The van der Waals surface area contributed by atoms with Crippen molar-refractivity contribution >= 4 is 24.2 Å². The van der Waals surface area contributed by atoms with Crippen molar-refractivity contribution in [1.29, 1.82) is 0 Å². The monoisotopic (exact) mass is 452 g/mol. The van der Waals surface area contributed by atoms with Crippen LogP contribution >= 0.6 is 0 Å². The maximum absolute atomic E-state index is 12.4. The largest absolute Gasteiger partial charge is 0.504 e. The highest BCUT2D eigenvalue weighted by molar-refractivity contribution is 6.05. The molecule has 3 aromatic rings. The lowest BCUT2D eigenvalue weighted by molar-refractivity contribution is 0.0915. The molecular formula is C21H20N6O6. The predicted octanol–water partition coefficient (Wildman–Crippen LogP) is 1.37. The van der Waals surface area contributed by atoms with E-state index in [0.717, 1.165) is 0 Å². The molecule has 33 heavy (non-hydrogen) atoms. The van der Waals surface area contributed by atoms with E-state index in [1.807, 2.05) is 0 Å². The van der Waals surface area contributed by atoms with Crippen molar-refractivity contribution < 1.29 is 29.3 Å². The van der Waals surface area contributed by atoms with Crippen molar-refractivity contribution in [3.8, 4) is 23.0 Å². The van der Waals surface area contributed by atoms with Crippen molar-refractivity contribution in [2.75, 3.05) is 14.2 Å². The summed E-state index contributed by atoms with van der Waals surface area (Å²) in [7, 11) is 2.82. The number of imidazole rings is 1. The van der Waals surface area contributed by atoms with Crippen molar-refractivity contribution in [2.24, 2.45) is 10.2 Å². The summed E-state index contributed by atoms with van der Waals surface area (Å²) < 4.78 is 10.0. The fourth-order valence-corrected chi connectivity index (χ4v) is 2.63. The Hall–Kier alpha value is -4.87. The van der Waals surface area contributed by atoms with Gasteiger partial charge in [0.2, 0.25) is 0 Å². The lowest BCUT2D eigenvalue weighted by atomic mass is 10.2. The Morgan fingerprint density at radius 2 is 1.42 bits per heavy atom. The first kappa shape index (κ1) is 22.8. The van der Waals surface area contributed by atoms with Gasteiger partial charge < -0.3 is 24.7 Å². The second-order valence-corrected chi connectivity index (χ2v) is 6.39. The molecule has 0 aliphatic rings. The third-order valence-electron chi connectivity index (χ3n) is 4.25. The van der Waals surface area contributed by atoms with Gasteiger partial charge in [-0.2, -0.15) is 10.2 Å². The van der Waals surface area contributed by atoms with Gasteiger partial charge in [-0.05, 0) is 47.5 Å². The van der Waals surface area contributed by atoms with E-state index in [-0.39, 0.29) is 34.4 Å². The first-order valence-corrected chi connectivity index (χ1v) is 9.37. The SMILES string of the molecule is COc1cc(/C=N/NC(=O)c2nc[nH]c2C(=O)N/N=C/c2ccc(O)c(OC)c2)ccc1O. The Morgan fingerprint density at radius 1 is 0.909 bits per heavy atom. The third kappa shape index (κ3) is 5.64. The Labute approximate surface area is 187 Å². The molecular weight excluding hydrogens is 432 g/mol. The number of phenolic OH excluding ortho intramolecular Hbond substituents is 2. The standard InChI is InChI=1S/C21H20N6O6/c1-32-16-7-12(3-5-14(16)28)9-24-26-20(30)18-19(23-11-22-18)21(31)27-25-10-13-4-6-15(29)17(8-13)33-2/h3-11,28-29H,1-2H3,(H,22,23)(H,26,30)(H,27,31)/b24-9+,25-10+. The number of aromatic hydroxyl groups is 2. The number of benzene rings is 2. The molecule has 0 aliphatic heterocycles. The molecule has 3 rings (SSSR count). The molecule has 0 spiro atoms. The lowest BCUT2D eigenvalue weighted by Crippen LogP contribution is -2.25. The van der Waals surface area contributed by atoms with Crippen molar-refractivity contribution in [1.82, 2.24) is 20.8 Å². The van der Waals surface area contributed by atoms with Crippen LogP contribution in [0.25, 0.3) is 0 Å². The van der Waals surface area contributed by atoms with Crippen molar-refractivity contribution in [3.05, 3.63) is 65.2 Å². The summed E-state index contributed by atoms with van der Waals surface area (Å²) in [5.74, 6) is -0.980. The van der Waals surface area contributed by atoms with Gasteiger partial charge in [-0.15, -0.1) is 0 Å². The van der Waals surface area contributed by atoms with E-state index in [9.17, 15) is 19.8 Å². The maximum atomic E-state index is 12.4. The van der Waals surface area contributed by atoms with E-state index in [1.165, 1.54) is 57.2 Å². The normalized spacial score (nSPS) is 11.0. The van der Waals surface area contributed by atoms with E-state index in [0.29, 0.717) is 11.1 Å². The Balaban J connectivity index is 1.62. The minimum atomic E-state index is -0.726. The number of aromatic nitrogens is 2. The number of ether oxygens (including phenoxy) is 2. The van der Waals surface area contributed by atoms with Gasteiger partial charge in [0, 0.05) is 0 Å². The molecule has 0 saturated carbocycles. The van der Waals surface area contributed by atoms with Gasteiger partial charge in [0.25, 0.3) is 11.8 Å². The number of hydrogen-bond acceptors (Lipinski definition) is 9. The molecule has 2 amide bonds. The molecule has 1 heterocycles. The van der Waals surface area contributed by atoms with Gasteiger partial charge in [-0.25, -0.2) is 15.8 Å². The minimum absolute atomic E-state index is 0.0287. The van der Waals surface area contributed by atoms with E-state index >= 15 is 0 Å². The molecule has 0 aliphatic carbocycles. The first-order chi connectivity index (χ1) is 15.9. The molecule has 0 radical (unpaired) electrons. The van der Waals surface area contributed by atoms with Crippen LogP contribution in [0.3, 0.4) is 0 Å². The minimum Gasteiger partial charge on any atom is -0.504 e. The number of carbonyl (C=O) groups excluding carboxylic acids is 2. The zero-order valence-electron chi connectivity index (χ0n) is 17.6. The number of nitrogens with one attached hydrogen (secondary N) is 3. The third-order valence-corrected chi connectivity index (χ3v) is 4.25. The molecule has 1 aromatic heterocycles. The summed E-state index contributed by atoms with van der Waals surface area (Å²) in [6.45, 7) is 0. The van der Waals surface area contributed by atoms with Gasteiger partial charge in [0.15, 0.2) is 28.7 Å². The molecule has 5 N–H and O–H groups in total. The zero-order valence-corrected chi connectivity index (χ0v) is 17.6. The molecule has 12 heteroatoms.